The van der Waals surface area contributed by atoms with Gasteiger partial charge in [0.05, 0.1) is 0 Å². The van der Waals surface area contributed by atoms with Crippen molar-refractivity contribution in [3.05, 3.63) is 30.2 Å². The monoisotopic (exact) mass is 224 g/mol. The number of rotatable bonds is 3. The Morgan fingerprint density at radius 3 is 2.79 bits per heavy atom. The molecule has 2 rings (SSSR count). The van der Waals surface area contributed by atoms with Crippen LogP contribution >= 0.6 is 23.3 Å². The lowest BCUT2D eigenvalue weighted by Crippen LogP contribution is -1.88. The van der Waals surface area contributed by atoms with Crippen molar-refractivity contribution in [2.75, 3.05) is 5.73 Å². The van der Waals surface area contributed by atoms with E-state index in [0.717, 1.165) is 16.3 Å². The van der Waals surface area contributed by atoms with Crippen LogP contribution in [0.15, 0.2) is 29.4 Å². The van der Waals surface area contributed by atoms with Crippen LogP contribution in [0, 0.1) is 0 Å². The third kappa shape index (κ3) is 2.21. The minimum atomic E-state index is 0.701. The van der Waals surface area contributed by atoms with Gasteiger partial charge in [0.25, 0.3) is 0 Å². The van der Waals surface area contributed by atoms with Gasteiger partial charge in [-0.2, -0.15) is 0 Å². The Morgan fingerprint density at radius 1 is 1.36 bits per heavy atom. The molecule has 0 aromatic carbocycles. The molecule has 0 saturated carbocycles. The smallest absolute Gasteiger partial charge is 0.131 e. The van der Waals surface area contributed by atoms with E-state index < -0.39 is 0 Å². The Labute approximate surface area is 89.7 Å². The van der Waals surface area contributed by atoms with E-state index in [9.17, 15) is 0 Å². The van der Waals surface area contributed by atoms with Gasteiger partial charge in [-0.05, 0) is 12.1 Å². The summed E-state index contributed by atoms with van der Waals surface area (Å²) >= 11 is 2.91. The number of anilines is 1. The normalized spacial score (nSPS) is 10.3. The number of nitrogens with zero attached hydrogens (tertiary/aromatic N) is 3. The summed E-state index contributed by atoms with van der Waals surface area (Å²) in [5.74, 6) is 0.756. The molecule has 0 radical (unpaired) electrons. The van der Waals surface area contributed by atoms with Crippen molar-refractivity contribution in [2.24, 2.45) is 0 Å². The third-order valence-corrected chi connectivity index (χ3v) is 3.23. The van der Waals surface area contributed by atoms with Crippen molar-refractivity contribution in [1.29, 1.82) is 0 Å². The SMILES string of the molecule is Nc1snnc1CSc1ccncc1. The number of aromatic nitrogens is 3. The molecule has 0 bridgehead atoms. The molecule has 0 fully saturated rings. The molecule has 72 valence electrons. The van der Waals surface area contributed by atoms with Gasteiger partial charge < -0.3 is 5.73 Å². The number of nitrogen functional groups attached to an aromatic ring is 1. The number of hydrogen-bond donors (Lipinski definition) is 1. The maximum Gasteiger partial charge on any atom is 0.131 e. The van der Waals surface area contributed by atoms with Gasteiger partial charge in [0.1, 0.15) is 10.7 Å². The summed E-state index contributed by atoms with van der Waals surface area (Å²) in [6.45, 7) is 0. The molecular formula is C8H8N4S2. The highest BCUT2D eigenvalue weighted by Gasteiger charge is 2.04. The average molecular weight is 224 g/mol. The van der Waals surface area contributed by atoms with Gasteiger partial charge in [-0.3, -0.25) is 4.98 Å². The summed E-state index contributed by atoms with van der Waals surface area (Å²) in [5.41, 5.74) is 6.53. The van der Waals surface area contributed by atoms with Crippen molar-refractivity contribution < 1.29 is 0 Å². The molecule has 0 aliphatic rings. The molecule has 4 nitrogen and oxygen atoms in total. The Balaban J connectivity index is 1.99. The number of pyridine rings is 1. The Bertz CT molecular complexity index is 401. The van der Waals surface area contributed by atoms with Gasteiger partial charge >= 0.3 is 0 Å². The molecule has 2 N–H and O–H groups in total. The predicted molar refractivity (Wildman–Crippen MR) is 58.1 cm³/mol. The maximum absolute atomic E-state index is 5.67. The van der Waals surface area contributed by atoms with Crippen LogP contribution < -0.4 is 5.73 Å². The second-order valence-corrected chi connectivity index (χ2v) is 4.39. The molecular weight excluding hydrogens is 216 g/mol. The Hall–Kier alpha value is -1.14. The fraction of sp³-hybridized carbons (Fsp3) is 0.125. The van der Waals surface area contributed by atoms with Crippen LogP contribution in [0.3, 0.4) is 0 Å². The zero-order valence-corrected chi connectivity index (χ0v) is 8.88. The first-order valence-corrected chi connectivity index (χ1v) is 5.71. The van der Waals surface area contributed by atoms with Gasteiger partial charge in [0.2, 0.25) is 0 Å². The summed E-state index contributed by atoms with van der Waals surface area (Å²) in [4.78, 5) is 5.10. The topological polar surface area (TPSA) is 64.7 Å². The van der Waals surface area contributed by atoms with Crippen LogP contribution in [-0.4, -0.2) is 14.6 Å². The molecule has 0 aliphatic carbocycles. The van der Waals surface area contributed by atoms with E-state index in [1.165, 1.54) is 11.5 Å². The molecule has 14 heavy (non-hydrogen) atoms. The Kier molecular flexibility index (Phi) is 2.95. The largest absolute Gasteiger partial charge is 0.388 e. The summed E-state index contributed by atoms with van der Waals surface area (Å²) in [7, 11) is 0. The highest BCUT2D eigenvalue weighted by molar-refractivity contribution is 7.98. The lowest BCUT2D eigenvalue weighted by atomic mass is 10.5. The van der Waals surface area contributed by atoms with Crippen LogP contribution in [0.5, 0.6) is 0 Å². The molecule has 0 amide bonds. The van der Waals surface area contributed by atoms with Crippen molar-refractivity contribution in [2.45, 2.75) is 10.6 Å². The summed E-state index contributed by atoms with van der Waals surface area (Å²) in [6, 6.07) is 3.92. The summed E-state index contributed by atoms with van der Waals surface area (Å²) in [5, 5.41) is 4.64. The highest BCUT2D eigenvalue weighted by Crippen LogP contribution is 2.24. The molecule has 2 aromatic rings. The molecule has 0 saturated heterocycles. The minimum Gasteiger partial charge on any atom is -0.388 e. The lowest BCUT2D eigenvalue weighted by Gasteiger charge is -1.97. The molecule has 6 heteroatoms. The Morgan fingerprint density at radius 2 is 2.14 bits per heavy atom. The second kappa shape index (κ2) is 4.39. The van der Waals surface area contributed by atoms with Crippen molar-refractivity contribution in [3.8, 4) is 0 Å². The van der Waals surface area contributed by atoms with Crippen molar-refractivity contribution >= 4 is 28.3 Å². The first kappa shape index (κ1) is 9.42. The molecule has 2 heterocycles. The molecule has 0 spiro atoms. The van der Waals surface area contributed by atoms with E-state index in [1.54, 1.807) is 24.2 Å². The van der Waals surface area contributed by atoms with Gasteiger partial charge in [0.15, 0.2) is 0 Å². The van der Waals surface area contributed by atoms with E-state index in [0.29, 0.717) is 5.00 Å². The highest BCUT2D eigenvalue weighted by atomic mass is 32.2. The molecule has 2 aromatic heterocycles. The number of nitrogens with two attached hydrogens (primary N) is 1. The average Bonchev–Trinajstić information content (AvgIpc) is 2.63. The van der Waals surface area contributed by atoms with E-state index in [2.05, 4.69) is 14.6 Å². The minimum absolute atomic E-state index is 0.701. The third-order valence-electron chi connectivity index (χ3n) is 1.61. The van der Waals surface area contributed by atoms with E-state index in [1.807, 2.05) is 12.1 Å². The number of hydrogen-bond acceptors (Lipinski definition) is 6. The summed E-state index contributed by atoms with van der Waals surface area (Å²) in [6.07, 6.45) is 3.54. The lowest BCUT2D eigenvalue weighted by molar-refractivity contribution is 1.08. The van der Waals surface area contributed by atoms with E-state index >= 15 is 0 Å². The zero-order chi connectivity index (χ0) is 9.80. The fourth-order valence-electron chi connectivity index (χ4n) is 0.902. The van der Waals surface area contributed by atoms with Crippen LogP contribution in [0.1, 0.15) is 5.69 Å². The van der Waals surface area contributed by atoms with Gasteiger partial charge in [-0.1, -0.05) is 4.49 Å². The molecule has 0 unspecified atom stereocenters. The molecule has 0 aliphatic heterocycles. The van der Waals surface area contributed by atoms with Crippen LogP contribution in [0.25, 0.3) is 0 Å². The van der Waals surface area contributed by atoms with Crippen LogP contribution in [-0.2, 0) is 5.75 Å². The number of thioether (sulfide) groups is 1. The van der Waals surface area contributed by atoms with Crippen LogP contribution in [0.4, 0.5) is 5.00 Å². The maximum atomic E-state index is 5.67. The summed E-state index contributed by atoms with van der Waals surface area (Å²) < 4.78 is 3.77. The zero-order valence-electron chi connectivity index (χ0n) is 7.25. The van der Waals surface area contributed by atoms with Crippen LogP contribution in [0.2, 0.25) is 0 Å². The van der Waals surface area contributed by atoms with E-state index in [-0.39, 0.29) is 0 Å². The second-order valence-electron chi connectivity index (χ2n) is 2.56. The van der Waals surface area contributed by atoms with E-state index in [4.69, 9.17) is 5.73 Å². The first-order valence-electron chi connectivity index (χ1n) is 3.96. The standard InChI is InChI=1S/C8H8N4S2/c9-8-7(11-12-14-8)5-13-6-1-3-10-4-2-6/h1-4H,5,9H2. The van der Waals surface area contributed by atoms with Crippen molar-refractivity contribution in [1.82, 2.24) is 14.6 Å². The fourth-order valence-corrected chi connectivity index (χ4v) is 2.27. The first-order chi connectivity index (χ1) is 6.86. The van der Waals surface area contributed by atoms with Gasteiger partial charge in [0, 0.05) is 34.6 Å². The van der Waals surface area contributed by atoms with Gasteiger partial charge in [-0.15, -0.1) is 16.9 Å². The van der Waals surface area contributed by atoms with Gasteiger partial charge in [-0.25, -0.2) is 0 Å². The quantitative estimate of drug-likeness (QED) is 0.805. The predicted octanol–water partition coefficient (Wildman–Crippen LogP) is 1.81. The molecule has 0 atom stereocenters. The van der Waals surface area contributed by atoms with Crippen molar-refractivity contribution in [3.63, 3.8) is 0 Å².